The average molecular weight is 273 g/mol. The van der Waals surface area contributed by atoms with Gasteiger partial charge in [-0.3, -0.25) is 4.79 Å². The van der Waals surface area contributed by atoms with E-state index in [0.717, 1.165) is 23.5 Å². The number of nitrogens with one attached hydrogen (secondary N) is 1. The minimum Gasteiger partial charge on any atom is -0.477 e. The van der Waals surface area contributed by atoms with E-state index in [2.05, 4.69) is 5.32 Å². The number of carboxylic acid groups (broad SMARTS) is 1. The maximum Gasteiger partial charge on any atom is 0.345 e. The molecule has 94 valence electrons. The monoisotopic (exact) mass is 273 g/mol. The van der Waals surface area contributed by atoms with Crippen molar-refractivity contribution in [3.05, 3.63) is 21.9 Å². The van der Waals surface area contributed by atoms with Gasteiger partial charge in [-0.2, -0.15) is 11.8 Å². The molecule has 1 heterocycles. The number of hydrogen-bond acceptors (Lipinski definition) is 4. The molecule has 17 heavy (non-hydrogen) atoms. The molecule has 0 saturated heterocycles. The Morgan fingerprint density at radius 1 is 1.47 bits per heavy atom. The standard InChI is InChI=1S/C11H15NO3S2/c1-3-7(6-16-2)12-10(13)8-4-5-9(17-8)11(14)15/h4-5,7H,3,6H2,1-2H3,(H,12,13)(H,14,15). The molecule has 0 bridgehead atoms. The molecule has 0 aliphatic rings. The highest BCUT2D eigenvalue weighted by molar-refractivity contribution is 7.98. The normalized spacial score (nSPS) is 12.1. The van der Waals surface area contributed by atoms with Crippen molar-refractivity contribution in [2.45, 2.75) is 19.4 Å². The molecule has 0 saturated carbocycles. The van der Waals surface area contributed by atoms with Crippen molar-refractivity contribution >= 4 is 35.0 Å². The second-order valence-corrected chi connectivity index (χ2v) is 5.50. The molecule has 0 aromatic carbocycles. The van der Waals surface area contributed by atoms with Gasteiger partial charge in [-0.1, -0.05) is 6.92 Å². The van der Waals surface area contributed by atoms with Crippen LogP contribution in [0.4, 0.5) is 0 Å². The summed E-state index contributed by atoms with van der Waals surface area (Å²) < 4.78 is 0. The molecule has 1 unspecified atom stereocenters. The van der Waals surface area contributed by atoms with Crippen LogP contribution in [0.15, 0.2) is 12.1 Å². The van der Waals surface area contributed by atoms with Crippen LogP contribution in [-0.4, -0.2) is 35.0 Å². The molecule has 1 aromatic heterocycles. The molecule has 1 atom stereocenters. The molecule has 0 aliphatic carbocycles. The van der Waals surface area contributed by atoms with Crippen LogP contribution in [0.5, 0.6) is 0 Å². The smallest absolute Gasteiger partial charge is 0.345 e. The first-order valence-corrected chi connectivity index (χ1v) is 7.42. The van der Waals surface area contributed by atoms with Crippen LogP contribution in [0.2, 0.25) is 0 Å². The van der Waals surface area contributed by atoms with E-state index in [1.54, 1.807) is 17.8 Å². The summed E-state index contributed by atoms with van der Waals surface area (Å²) in [6, 6.07) is 3.14. The predicted molar refractivity (Wildman–Crippen MR) is 71.2 cm³/mol. The first-order valence-electron chi connectivity index (χ1n) is 5.21. The molecule has 2 N–H and O–H groups in total. The lowest BCUT2D eigenvalue weighted by Gasteiger charge is -2.14. The summed E-state index contributed by atoms with van der Waals surface area (Å²) >= 11 is 2.68. The molecule has 0 fully saturated rings. The highest BCUT2D eigenvalue weighted by Gasteiger charge is 2.15. The van der Waals surface area contributed by atoms with Crippen molar-refractivity contribution in [1.82, 2.24) is 5.32 Å². The van der Waals surface area contributed by atoms with Gasteiger partial charge in [0.05, 0.1) is 4.88 Å². The Hall–Kier alpha value is -1.01. The quantitative estimate of drug-likeness (QED) is 0.834. The Balaban J connectivity index is 2.65. The molecular weight excluding hydrogens is 258 g/mol. The van der Waals surface area contributed by atoms with Gasteiger partial charge in [0.1, 0.15) is 4.88 Å². The fraction of sp³-hybridized carbons (Fsp3) is 0.455. The van der Waals surface area contributed by atoms with Crippen LogP contribution in [0.3, 0.4) is 0 Å². The lowest BCUT2D eigenvalue weighted by Crippen LogP contribution is -2.35. The molecule has 4 nitrogen and oxygen atoms in total. The summed E-state index contributed by atoms with van der Waals surface area (Å²) in [5.74, 6) is -0.326. The van der Waals surface area contributed by atoms with Gasteiger partial charge in [-0.25, -0.2) is 4.79 Å². The average Bonchev–Trinajstić information content (AvgIpc) is 2.77. The van der Waals surface area contributed by atoms with Gasteiger partial charge in [0.25, 0.3) is 5.91 Å². The van der Waals surface area contributed by atoms with E-state index in [1.165, 1.54) is 6.07 Å². The van der Waals surface area contributed by atoms with Crippen molar-refractivity contribution in [2.75, 3.05) is 12.0 Å². The third kappa shape index (κ3) is 4.05. The fourth-order valence-electron chi connectivity index (χ4n) is 1.29. The minimum atomic E-state index is -0.995. The second-order valence-electron chi connectivity index (χ2n) is 3.50. The summed E-state index contributed by atoms with van der Waals surface area (Å²) in [4.78, 5) is 23.1. The number of carboxylic acids is 1. The first kappa shape index (κ1) is 14.1. The highest BCUT2D eigenvalue weighted by Crippen LogP contribution is 2.16. The zero-order chi connectivity index (χ0) is 12.8. The van der Waals surface area contributed by atoms with Crippen LogP contribution >= 0.6 is 23.1 Å². The van der Waals surface area contributed by atoms with Gasteiger partial charge >= 0.3 is 5.97 Å². The third-order valence-electron chi connectivity index (χ3n) is 2.24. The maximum absolute atomic E-state index is 11.8. The van der Waals surface area contributed by atoms with Crippen molar-refractivity contribution < 1.29 is 14.7 Å². The summed E-state index contributed by atoms with van der Waals surface area (Å²) in [5, 5.41) is 11.7. The van der Waals surface area contributed by atoms with Gasteiger partial charge in [0, 0.05) is 11.8 Å². The Bertz CT molecular complexity index is 403. The largest absolute Gasteiger partial charge is 0.477 e. The maximum atomic E-state index is 11.8. The number of amides is 1. The molecule has 0 aliphatic heterocycles. The van der Waals surface area contributed by atoms with E-state index in [9.17, 15) is 9.59 Å². The van der Waals surface area contributed by atoms with E-state index < -0.39 is 5.97 Å². The number of thiophene rings is 1. The van der Waals surface area contributed by atoms with Crippen molar-refractivity contribution in [3.63, 3.8) is 0 Å². The van der Waals surface area contributed by atoms with Gasteiger partial charge in [0.2, 0.25) is 0 Å². The van der Waals surface area contributed by atoms with Gasteiger partial charge < -0.3 is 10.4 Å². The first-order chi connectivity index (χ1) is 8.08. The Kier molecular flexibility index (Phi) is 5.50. The molecule has 0 spiro atoms. The van der Waals surface area contributed by atoms with Crippen molar-refractivity contribution in [2.24, 2.45) is 0 Å². The Labute approximate surface area is 108 Å². The lowest BCUT2D eigenvalue weighted by molar-refractivity contribution is 0.0702. The number of rotatable bonds is 6. The van der Waals surface area contributed by atoms with Gasteiger partial charge in [-0.15, -0.1) is 11.3 Å². The summed E-state index contributed by atoms with van der Waals surface area (Å²) in [7, 11) is 0. The fourth-order valence-corrected chi connectivity index (χ4v) is 2.76. The molecule has 6 heteroatoms. The Morgan fingerprint density at radius 2 is 2.12 bits per heavy atom. The zero-order valence-corrected chi connectivity index (χ0v) is 11.4. The van der Waals surface area contributed by atoms with E-state index in [4.69, 9.17) is 5.11 Å². The molecule has 1 rings (SSSR count). The van der Waals surface area contributed by atoms with E-state index in [1.807, 2.05) is 13.2 Å². The minimum absolute atomic E-state index is 0.132. The molecular formula is C11H15NO3S2. The van der Waals surface area contributed by atoms with E-state index in [-0.39, 0.29) is 16.8 Å². The summed E-state index contributed by atoms with van der Waals surface area (Å²) in [6.45, 7) is 2.01. The molecule has 1 amide bonds. The topological polar surface area (TPSA) is 66.4 Å². The van der Waals surface area contributed by atoms with Crippen molar-refractivity contribution in [3.8, 4) is 0 Å². The second kappa shape index (κ2) is 6.66. The Morgan fingerprint density at radius 3 is 2.59 bits per heavy atom. The number of carbonyl (C=O) groups is 2. The zero-order valence-electron chi connectivity index (χ0n) is 9.73. The molecule has 1 aromatic rings. The SMILES string of the molecule is CCC(CSC)NC(=O)c1ccc(C(=O)O)s1. The van der Waals surface area contributed by atoms with Crippen LogP contribution < -0.4 is 5.32 Å². The van der Waals surface area contributed by atoms with Crippen molar-refractivity contribution in [1.29, 1.82) is 0 Å². The third-order valence-corrected chi connectivity index (χ3v) is 4.04. The van der Waals surface area contributed by atoms with Crippen LogP contribution in [-0.2, 0) is 0 Å². The summed E-state index contributed by atoms with van der Waals surface area (Å²) in [6.07, 6.45) is 2.85. The highest BCUT2D eigenvalue weighted by atomic mass is 32.2. The number of hydrogen-bond donors (Lipinski definition) is 2. The van der Waals surface area contributed by atoms with E-state index in [0.29, 0.717) is 4.88 Å². The molecule has 0 radical (unpaired) electrons. The van der Waals surface area contributed by atoms with Crippen LogP contribution in [0.1, 0.15) is 32.7 Å². The van der Waals surface area contributed by atoms with Gasteiger partial charge in [-0.05, 0) is 24.8 Å². The number of carbonyl (C=O) groups excluding carboxylic acids is 1. The van der Waals surface area contributed by atoms with Crippen LogP contribution in [0.25, 0.3) is 0 Å². The van der Waals surface area contributed by atoms with Gasteiger partial charge in [0.15, 0.2) is 0 Å². The lowest BCUT2D eigenvalue weighted by atomic mass is 10.2. The number of thioether (sulfide) groups is 1. The van der Waals surface area contributed by atoms with Crippen LogP contribution in [0, 0.1) is 0 Å². The summed E-state index contributed by atoms with van der Waals surface area (Å²) in [5.41, 5.74) is 0. The van der Waals surface area contributed by atoms with E-state index >= 15 is 0 Å². The predicted octanol–water partition coefficient (Wildman–Crippen LogP) is 2.32. The number of aromatic carboxylic acids is 1.